The maximum absolute atomic E-state index is 12.6. The maximum Gasteiger partial charge on any atom is 0.200 e. The summed E-state index contributed by atoms with van der Waals surface area (Å²) in [4.78, 5) is 0. The van der Waals surface area contributed by atoms with E-state index in [1.807, 2.05) is 24.3 Å². The lowest BCUT2D eigenvalue weighted by Gasteiger charge is -2.20. The number of hydrogen-bond donors (Lipinski definition) is 1. The van der Waals surface area contributed by atoms with Crippen LogP contribution in [0.3, 0.4) is 0 Å². The molecule has 25 heavy (non-hydrogen) atoms. The molecule has 7 heteroatoms. The predicted octanol–water partition coefficient (Wildman–Crippen LogP) is 3.20. The molecular formula is C18H23N3O3S. The zero-order valence-electron chi connectivity index (χ0n) is 14.3. The van der Waals surface area contributed by atoms with Gasteiger partial charge < -0.3 is 10.1 Å². The number of benzene rings is 1. The van der Waals surface area contributed by atoms with Gasteiger partial charge in [-0.05, 0) is 42.7 Å². The monoisotopic (exact) mass is 361 g/mol. The average molecular weight is 361 g/mol. The number of nitrogens with one attached hydrogen (secondary N) is 1. The Kier molecular flexibility index (Phi) is 5.53. The highest BCUT2D eigenvalue weighted by molar-refractivity contribution is 7.92. The van der Waals surface area contributed by atoms with Crippen LogP contribution in [0.4, 0.5) is 5.82 Å². The van der Waals surface area contributed by atoms with Crippen LogP contribution in [0.5, 0.6) is 5.75 Å². The highest BCUT2D eigenvalue weighted by atomic mass is 32.2. The Balaban J connectivity index is 1.65. The summed E-state index contributed by atoms with van der Waals surface area (Å²) >= 11 is 0. The van der Waals surface area contributed by atoms with Crippen LogP contribution in [-0.4, -0.2) is 31.0 Å². The molecule has 1 N–H and O–H groups in total. The van der Waals surface area contributed by atoms with Crippen molar-refractivity contribution >= 4 is 15.7 Å². The fraction of sp³-hybridized carbons (Fsp3) is 0.444. The fourth-order valence-corrected chi connectivity index (χ4v) is 4.80. The molecule has 1 aliphatic rings. The van der Waals surface area contributed by atoms with Crippen LogP contribution in [0.15, 0.2) is 41.4 Å². The normalized spacial score (nSPS) is 15.7. The van der Waals surface area contributed by atoms with E-state index < -0.39 is 9.84 Å². The first kappa shape index (κ1) is 17.7. The standard InChI is InChI=1S/C18H23N3O3S/c1-24-15-7-5-6-14(12-15)13-19-17-10-11-18(21-20-17)25(22,23)16-8-3-2-4-9-16/h5-7,10-12,16H,2-4,8-9,13H2,1H3,(H,19,20). The first-order chi connectivity index (χ1) is 12.1. The second-order valence-electron chi connectivity index (χ2n) is 6.27. The van der Waals surface area contributed by atoms with Gasteiger partial charge >= 0.3 is 0 Å². The number of hydrogen-bond acceptors (Lipinski definition) is 6. The third kappa shape index (κ3) is 4.28. The van der Waals surface area contributed by atoms with Crippen molar-refractivity contribution in [1.82, 2.24) is 10.2 Å². The Morgan fingerprint density at radius 3 is 2.60 bits per heavy atom. The van der Waals surface area contributed by atoms with Gasteiger partial charge in [-0.15, -0.1) is 10.2 Å². The van der Waals surface area contributed by atoms with Crippen molar-refractivity contribution in [3.05, 3.63) is 42.0 Å². The minimum Gasteiger partial charge on any atom is -0.497 e. The topological polar surface area (TPSA) is 81.2 Å². The third-order valence-corrected chi connectivity index (χ3v) is 6.68. The summed E-state index contributed by atoms with van der Waals surface area (Å²) in [6, 6.07) is 10.9. The lowest BCUT2D eigenvalue weighted by molar-refractivity contribution is 0.414. The van der Waals surface area contributed by atoms with Crippen LogP contribution >= 0.6 is 0 Å². The van der Waals surface area contributed by atoms with Gasteiger partial charge in [-0.25, -0.2) is 8.42 Å². The van der Waals surface area contributed by atoms with Gasteiger partial charge in [0, 0.05) is 6.54 Å². The molecular weight excluding hydrogens is 338 g/mol. The van der Waals surface area contributed by atoms with Crippen molar-refractivity contribution in [2.45, 2.75) is 48.9 Å². The third-order valence-electron chi connectivity index (χ3n) is 4.53. The van der Waals surface area contributed by atoms with E-state index in [-0.39, 0.29) is 10.3 Å². The molecule has 1 saturated carbocycles. The predicted molar refractivity (Wildman–Crippen MR) is 96.4 cm³/mol. The molecule has 0 aliphatic heterocycles. The van der Waals surface area contributed by atoms with Crippen molar-refractivity contribution in [2.24, 2.45) is 0 Å². The van der Waals surface area contributed by atoms with Gasteiger partial charge in [0.2, 0.25) is 0 Å². The van der Waals surface area contributed by atoms with Crippen LogP contribution in [0, 0.1) is 0 Å². The highest BCUT2D eigenvalue weighted by Crippen LogP contribution is 2.27. The smallest absolute Gasteiger partial charge is 0.200 e. The first-order valence-electron chi connectivity index (χ1n) is 8.54. The number of rotatable bonds is 6. The molecule has 0 unspecified atom stereocenters. The van der Waals surface area contributed by atoms with E-state index in [1.165, 1.54) is 0 Å². The summed E-state index contributed by atoms with van der Waals surface area (Å²) in [7, 11) is -1.74. The molecule has 1 fully saturated rings. The van der Waals surface area contributed by atoms with Gasteiger partial charge in [-0.2, -0.15) is 0 Å². The minimum absolute atomic E-state index is 0.0753. The van der Waals surface area contributed by atoms with Crippen molar-refractivity contribution < 1.29 is 13.2 Å². The summed E-state index contributed by atoms with van der Waals surface area (Å²) in [5, 5.41) is 10.9. The minimum atomic E-state index is -3.37. The van der Waals surface area contributed by atoms with Gasteiger partial charge in [0.05, 0.1) is 12.4 Å². The lowest BCUT2D eigenvalue weighted by Crippen LogP contribution is -2.25. The van der Waals surface area contributed by atoms with E-state index in [1.54, 1.807) is 19.2 Å². The molecule has 3 rings (SSSR count). The Morgan fingerprint density at radius 2 is 1.92 bits per heavy atom. The van der Waals surface area contributed by atoms with Crippen LogP contribution < -0.4 is 10.1 Å². The molecule has 6 nitrogen and oxygen atoms in total. The molecule has 0 atom stereocenters. The van der Waals surface area contributed by atoms with E-state index in [0.717, 1.165) is 43.4 Å². The van der Waals surface area contributed by atoms with Crippen molar-refractivity contribution in [3.63, 3.8) is 0 Å². The zero-order chi connectivity index (χ0) is 17.7. The van der Waals surface area contributed by atoms with Gasteiger partial charge in [-0.3, -0.25) is 0 Å². The van der Waals surface area contributed by atoms with Gasteiger partial charge in [0.15, 0.2) is 14.9 Å². The SMILES string of the molecule is COc1cccc(CNc2ccc(S(=O)(=O)C3CCCCC3)nn2)c1. The number of ether oxygens (including phenoxy) is 1. The number of anilines is 1. The molecule has 0 amide bonds. The van der Waals surface area contributed by atoms with Crippen molar-refractivity contribution in [2.75, 3.05) is 12.4 Å². The Bertz CT molecular complexity index is 801. The highest BCUT2D eigenvalue weighted by Gasteiger charge is 2.30. The fourth-order valence-electron chi connectivity index (χ4n) is 3.09. The largest absolute Gasteiger partial charge is 0.497 e. The summed E-state index contributed by atoms with van der Waals surface area (Å²) in [5.41, 5.74) is 1.04. The molecule has 2 aromatic rings. The first-order valence-corrected chi connectivity index (χ1v) is 10.1. The van der Waals surface area contributed by atoms with Crippen LogP contribution in [0.1, 0.15) is 37.7 Å². The molecule has 0 radical (unpaired) electrons. The van der Waals surface area contributed by atoms with Crippen molar-refractivity contribution in [3.8, 4) is 5.75 Å². The Morgan fingerprint density at radius 1 is 1.12 bits per heavy atom. The molecule has 0 saturated heterocycles. The molecule has 0 spiro atoms. The van der Waals surface area contributed by atoms with Crippen LogP contribution in [0.2, 0.25) is 0 Å². The molecule has 1 heterocycles. The lowest BCUT2D eigenvalue weighted by atomic mass is 10.0. The van der Waals surface area contributed by atoms with E-state index in [4.69, 9.17) is 4.74 Å². The second-order valence-corrected chi connectivity index (χ2v) is 8.44. The number of nitrogens with zero attached hydrogens (tertiary/aromatic N) is 2. The van der Waals surface area contributed by atoms with E-state index in [9.17, 15) is 8.42 Å². The van der Waals surface area contributed by atoms with Gasteiger partial charge in [0.25, 0.3) is 0 Å². The van der Waals surface area contributed by atoms with E-state index in [0.29, 0.717) is 12.4 Å². The van der Waals surface area contributed by atoms with Gasteiger partial charge in [0.1, 0.15) is 11.6 Å². The summed E-state index contributed by atoms with van der Waals surface area (Å²) < 4.78 is 30.4. The second kappa shape index (κ2) is 7.82. The van der Waals surface area contributed by atoms with Crippen LogP contribution in [0.25, 0.3) is 0 Å². The molecule has 1 aromatic carbocycles. The Labute approximate surface area is 148 Å². The average Bonchev–Trinajstić information content (AvgIpc) is 2.67. The van der Waals surface area contributed by atoms with Crippen molar-refractivity contribution in [1.29, 1.82) is 0 Å². The van der Waals surface area contributed by atoms with Gasteiger partial charge in [-0.1, -0.05) is 31.4 Å². The number of sulfone groups is 1. The number of aromatic nitrogens is 2. The number of methoxy groups -OCH3 is 1. The molecule has 0 bridgehead atoms. The molecule has 1 aromatic heterocycles. The summed E-state index contributed by atoms with van der Waals surface area (Å²) in [5.74, 6) is 1.34. The Hall–Kier alpha value is -2.15. The van der Waals surface area contributed by atoms with Crippen LogP contribution in [-0.2, 0) is 16.4 Å². The summed E-state index contributed by atoms with van der Waals surface area (Å²) in [6.07, 6.45) is 4.50. The zero-order valence-corrected chi connectivity index (χ0v) is 15.1. The van der Waals surface area contributed by atoms with E-state index in [2.05, 4.69) is 15.5 Å². The summed E-state index contributed by atoms with van der Waals surface area (Å²) in [6.45, 7) is 0.556. The quantitative estimate of drug-likeness (QED) is 0.851. The molecule has 1 aliphatic carbocycles. The maximum atomic E-state index is 12.6. The van der Waals surface area contributed by atoms with E-state index >= 15 is 0 Å². The molecule has 134 valence electrons.